The summed E-state index contributed by atoms with van der Waals surface area (Å²) in [6.07, 6.45) is 3.96. The fraction of sp³-hybridized carbons (Fsp3) is 0.350. The van der Waals surface area contributed by atoms with E-state index in [9.17, 15) is 4.79 Å². The number of halogens is 1. The molecular formula is C20H20ClN9O. The summed E-state index contributed by atoms with van der Waals surface area (Å²) in [6.45, 7) is 7.90. The summed E-state index contributed by atoms with van der Waals surface area (Å²) in [5.74, 6) is 0.350. The van der Waals surface area contributed by atoms with E-state index in [1.807, 2.05) is 17.5 Å². The molecule has 0 saturated carbocycles. The number of nitrogens with zero attached hydrogens (tertiary/aromatic N) is 8. The summed E-state index contributed by atoms with van der Waals surface area (Å²) in [4.78, 5) is 23.2. The summed E-state index contributed by atoms with van der Waals surface area (Å²) in [6, 6.07) is 3.56. The molecule has 0 aliphatic heterocycles. The van der Waals surface area contributed by atoms with Gasteiger partial charge in [-0.25, -0.2) is 14.5 Å². The van der Waals surface area contributed by atoms with Crippen molar-refractivity contribution in [2.75, 3.05) is 5.32 Å². The third-order valence-corrected chi connectivity index (χ3v) is 5.75. The summed E-state index contributed by atoms with van der Waals surface area (Å²) in [5.41, 5.74) is 3.84. The summed E-state index contributed by atoms with van der Waals surface area (Å²) in [7, 11) is 0. The second-order valence-corrected chi connectivity index (χ2v) is 8.81. The molecule has 31 heavy (non-hydrogen) atoms. The maximum absolute atomic E-state index is 13.2. The van der Waals surface area contributed by atoms with Crippen LogP contribution in [0.25, 0.3) is 11.5 Å². The van der Waals surface area contributed by atoms with Gasteiger partial charge in [-0.3, -0.25) is 4.79 Å². The highest BCUT2D eigenvalue weighted by molar-refractivity contribution is 6.32. The highest BCUT2D eigenvalue weighted by Crippen LogP contribution is 2.45. The van der Waals surface area contributed by atoms with E-state index >= 15 is 0 Å². The number of pyridine rings is 1. The molecule has 0 radical (unpaired) electrons. The monoisotopic (exact) mass is 437 g/mol. The number of tetrazole rings is 1. The fourth-order valence-corrected chi connectivity index (χ4v) is 4.44. The van der Waals surface area contributed by atoms with E-state index in [0.29, 0.717) is 28.8 Å². The average molecular weight is 438 g/mol. The van der Waals surface area contributed by atoms with Gasteiger partial charge in [0.1, 0.15) is 0 Å². The van der Waals surface area contributed by atoms with Crippen molar-refractivity contribution in [3.05, 3.63) is 52.3 Å². The Labute approximate surface area is 182 Å². The summed E-state index contributed by atoms with van der Waals surface area (Å²) < 4.78 is 1.86. The van der Waals surface area contributed by atoms with Crippen LogP contribution in [0.4, 0.5) is 5.69 Å². The molecule has 0 spiro atoms. The van der Waals surface area contributed by atoms with Gasteiger partial charge in [0, 0.05) is 23.2 Å². The summed E-state index contributed by atoms with van der Waals surface area (Å²) in [5, 5.41) is 19.6. The third-order valence-electron chi connectivity index (χ3n) is 5.47. The smallest absolute Gasteiger partial charge is 0.232 e. The van der Waals surface area contributed by atoms with E-state index in [4.69, 9.17) is 11.6 Å². The molecule has 1 amide bonds. The lowest BCUT2D eigenvalue weighted by atomic mass is 9.88. The fourth-order valence-electron chi connectivity index (χ4n) is 4.19. The lowest BCUT2D eigenvalue weighted by molar-refractivity contribution is -0.117. The highest BCUT2D eigenvalue weighted by Gasteiger charge is 2.43. The van der Waals surface area contributed by atoms with Gasteiger partial charge >= 0.3 is 0 Å². The second kappa shape index (κ2) is 6.81. The first-order valence-corrected chi connectivity index (χ1v) is 10.2. The minimum absolute atomic E-state index is 0.141. The van der Waals surface area contributed by atoms with Crippen molar-refractivity contribution in [2.24, 2.45) is 0 Å². The molecule has 1 aliphatic carbocycles. The minimum atomic E-state index is -0.357. The number of hydrogen-bond acceptors (Lipinski definition) is 7. The largest absolute Gasteiger partial charge is 0.324 e. The Morgan fingerprint density at radius 3 is 2.71 bits per heavy atom. The van der Waals surface area contributed by atoms with Crippen molar-refractivity contribution in [2.45, 2.75) is 45.4 Å². The Balaban J connectivity index is 1.44. The molecule has 0 bridgehead atoms. The second-order valence-electron chi connectivity index (χ2n) is 8.40. The molecular weight excluding hydrogens is 418 g/mol. The van der Waals surface area contributed by atoms with Gasteiger partial charge in [-0.2, -0.15) is 5.10 Å². The Hall–Kier alpha value is -3.40. The van der Waals surface area contributed by atoms with Crippen LogP contribution < -0.4 is 5.32 Å². The number of aryl methyl sites for hydroxylation is 2. The normalized spacial score (nSPS) is 17.1. The first-order chi connectivity index (χ1) is 14.7. The molecule has 0 fully saturated rings. The highest BCUT2D eigenvalue weighted by atomic mass is 35.5. The first kappa shape index (κ1) is 19.6. The number of nitrogens with one attached hydrogen (secondary N) is 1. The summed E-state index contributed by atoms with van der Waals surface area (Å²) >= 11 is 6.35. The number of carbonyl (C=O) groups excluding carboxylic acids is 1. The Bertz CT molecular complexity index is 1340. The van der Waals surface area contributed by atoms with E-state index in [1.54, 1.807) is 19.2 Å². The Kier molecular flexibility index (Phi) is 4.30. The predicted octanol–water partition coefficient (Wildman–Crippen LogP) is 2.77. The zero-order valence-electron chi connectivity index (χ0n) is 17.5. The van der Waals surface area contributed by atoms with Crippen molar-refractivity contribution in [3.63, 3.8) is 0 Å². The van der Waals surface area contributed by atoms with Crippen molar-refractivity contribution < 1.29 is 4.79 Å². The molecule has 4 aromatic heterocycles. The topological polar surface area (TPSA) is 116 Å². The van der Waals surface area contributed by atoms with Crippen LogP contribution in [0, 0.1) is 13.8 Å². The van der Waals surface area contributed by atoms with Gasteiger partial charge in [-0.15, -0.1) is 15.0 Å². The van der Waals surface area contributed by atoms with Gasteiger partial charge in [-0.1, -0.05) is 25.4 Å². The zero-order chi connectivity index (χ0) is 21.9. The van der Waals surface area contributed by atoms with Crippen LogP contribution in [0.5, 0.6) is 0 Å². The lowest BCUT2D eigenvalue weighted by Gasteiger charge is -2.19. The lowest BCUT2D eigenvalue weighted by Crippen LogP contribution is -2.21. The van der Waals surface area contributed by atoms with Crippen LogP contribution in [-0.2, 0) is 10.2 Å². The number of carbonyl (C=O) groups is 1. The molecule has 4 heterocycles. The van der Waals surface area contributed by atoms with E-state index in [0.717, 1.165) is 22.6 Å². The van der Waals surface area contributed by atoms with Crippen molar-refractivity contribution in [1.29, 1.82) is 0 Å². The molecule has 1 aliphatic rings. The number of hydrogen-bond donors (Lipinski definition) is 1. The van der Waals surface area contributed by atoms with Gasteiger partial charge < -0.3 is 5.32 Å². The number of aromatic nitrogens is 8. The molecule has 10 nitrogen and oxygen atoms in total. The van der Waals surface area contributed by atoms with Crippen molar-refractivity contribution >= 4 is 28.8 Å². The molecule has 11 heteroatoms. The van der Waals surface area contributed by atoms with Gasteiger partial charge in [0.15, 0.2) is 17.3 Å². The van der Waals surface area contributed by atoms with E-state index in [-0.39, 0.29) is 17.2 Å². The predicted molar refractivity (Wildman–Crippen MR) is 113 cm³/mol. The van der Waals surface area contributed by atoms with Crippen molar-refractivity contribution in [1.82, 2.24) is 39.8 Å². The minimum Gasteiger partial charge on any atom is -0.324 e. The molecule has 0 saturated heterocycles. The van der Waals surface area contributed by atoms with Crippen LogP contribution in [0.1, 0.15) is 49.0 Å². The number of amides is 1. The van der Waals surface area contributed by atoms with Crippen LogP contribution in [0.2, 0.25) is 5.02 Å². The van der Waals surface area contributed by atoms with Gasteiger partial charge in [0.2, 0.25) is 5.91 Å². The number of fused-ring (bicyclic) bond motifs is 3. The zero-order valence-corrected chi connectivity index (χ0v) is 18.2. The van der Waals surface area contributed by atoms with Crippen LogP contribution in [0.15, 0.2) is 24.5 Å². The first-order valence-electron chi connectivity index (χ1n) is 9.82. The molecule has 1 N–H and O–H groups in total. The van der Waals surface area contributed by atoms with Gasteiger partial charge in [0.25, 0.3) is 0 Å². The molecule has 0 aromatic carbocycles. The average Bonchev–Trinajstić information content (AvgIpc) is 3.36. The van der Waals surface area contributed by atoms with E-state index in [1.165, 1.54) is 11.0 Å². The Morgan fingerprint density at radius 1 is 1.19 bits per heavy atom. The molecule has 1 unspecified atom stereocenters. The molecule has 4 aromatic rings. The SMILES string of the molecule is Cc1cc2ncc3c(n2n1)C(C)(C)CC3C(=O)Nc1cnc(-n2nnc(C)n2)c(Cl)c1. The quantitative estimate of drug-likeness (QED) is 0.523. The van der Waals surface area contributed by atoms with Crippen LogP contribution >= 0.6 is 11.6 Å². The van der Waals surface area contributed by atoms with Gasteiger partial charge in [0.05, 0.1) is 34.2 Å². The van der Waals surface area contributed by atoms with E-state index in [2.05, 4.69) is 49.6 Å². The standard InChI is InChI=1S/C20H20ClN9O/c1-10-5-16-22-9-14-13(7-20(3,4)17(14)29(16)26-10)19(31)24-12-6-15(21)18(23-8-12)30-27-11(2)25-28-30/h5-6,8-9,13H,7H2,1-4H3,(H,24,31). The third kappa shape index (κ3) is 3.23. The van der Waals surface area contributed by atoms with Crippen molar-refractivity contribution in [3.8, 4) is 5.82 Å². The van der Waals surface area contributed by atoms with Crippen LogP contribution in [-0.4, -0.2) is 45.7 Å². The van der Waals surface area contributed by atoms with Gasteiger partial charge in [-0.05, 0) is 31.5 Å². The van der Waals surface area contributed by atoms with Crippen LogP contribution in [0.3, 0.4) is 0 Å². The Morgan fingerprint density at radius 2 is 2.00 bits per heavy atom. The number of anilines is 1. The maximum atomic E-state index is 13.2. The molecule has 158 valence electrons. The molecule has 5 rings (SSSR count). The van der Waals surface area contributed by atoms with E-state index < -0.39 is 0 Å². The number of rotatable bonds is 3. The molecule has 1 atom stereocenters. The maximum Gasteiger partial charge on any atom is 0.232 e.